The summed E-state index contributed by atoms with van der Waals surface area (Å²) in [5.41, 5.74) is 5.47. The van der Waals surface area contributed by atoms with Crippen LogP contribution in [0.5, 0.6) is 0 Å². The Bertz CT molecular complexity index is 990. The van der Waals surface area contributed by atoms with Crippen LogP contribution in [-0.4, -0.2) is 37.3 Å². The van der Waals surface area contributed by atoms with Crippen LogP contribution in [0.25, 0.3) is 11.3 Å². The lowest BCUT2D eigenvalue weighted by Gasteiger charge is -2.27. The van der Waals surface area contributed by atoms with E-state index in [2.05, 4.69) is 15.3 Å². The third kappa shape index (κ3) is 3.49. The van der Waals surface area contributed by atoms with E-state index in [9.17, 15) is 9.18 Å². The predicted octanol–water partition coefficient (Wildman–Crippen LogP) is 3.00. The molecule has 0 aliphatic carbocycles. The van der Waals surface area contributed by atoms with E-state index in [1.165, 1.54) is 12.1 Å². The molecule has 0 fully saturated rings. The number of carbonyl (C=O) groups is 1. The normalized spacial score (nSPS) is 13.7. The highest BCUT2D eigenvalue weighted by Gasteiger charge is 2.25. The van der Waals surface area contributed by atoms with E-state index in [0.29, 0.717) is 26.1 Å². The topological polar surface area (TPSA) is 66.8 Å². The lowest BCUT2D eigenvalue weighted by molar-refractivity contribution is -0.132. The number of fused-ring (bicyclic) bond motifs is 1. The number of amides is 1. The number of nitrogens with zero attached hydrogens (tertiary/aromatic N) is 4. The van der Waals surface area contributed by atoms with Gasteiger partial charge < -0.3 is 4.90 Å². The van der Waals surface area contributed by atoms with Crippen LogP contribution in [0.15, 0.2) is 30.3 Å². The van der Waals surface area contributed by atoms with E-state index in [1.54, 1.807) is 6.07 Å². The van der Waals surface area contributed by atoms with Gasteiger partial charge in [0.1, 0.15) is 5.82 Å². The monoisotopic (exact) mass is 367 g/mol. The molecule has 1 aliphatic rings. The first kappa shape index (κ1) is 17.5. The van der Waals surface area contributed by atoms with Crippen molar-refractivity contribution in [3.05, 3.63) is 58.8 Å². The number of aryl methyl sites for hydroxylation is 3. The molecule has 0 radical (unpaired) electrons. The van der Waals surface area contributed by atoms with Crippen LogP contribution in [0.2, 0.25) is 0 Å². The van der Waals surface area contributed by atoms with Crippen molar-refractivity contribution < 1.29 is 9.18 Å². The third-order valence-electron chi connectivity index (χ3n) is 5.03. The average molecular weight is 367 g/mol. The van der Waals surface area contributed by atoms with Crippen LogP contribution in [0.1, 0.15) is 29.1 Å². The Morgan fingerprint density at radius 1 is 1.30 bits per heavy atom. The highest BCUT2D eigenvalue weighted by molar-refractivity contribution is 5.77. The molecule has 1 aliphatic heterocycles. The Balaban J connectivity index is 1.48. The number of rotatable bonds is 4. The Kier molecular flexibility index (Phi) is 4.51. The molecule has 0 bridgehead atoms. The summed E-state index contributed by atoms with van der Waals surface area (Å²) in [5, 5.41) is 11.8. The SMILES string of the molecule is Cc1cc(C)n(CCC(=O)N2CCc3[nH]nc(-c4cccc(F)c4)c3C2)n1. The van der Waals surface area contributed by atoms with Crippen molar-refractivity contribution in [1.82, 2.24) is 24.9 Å². The Morgan fingerprint density at radius 3 is 2.89 bits per heavy atom. The lowest BCUT2D eigenvalue weighted by Crippen LogP contribution is -2.36. The van der Waals surface area contributed by atoms with Crippen molar-refractivity contribution >= 4 is 5.91 Å². The molecule has 1 aromatic carbocycles. The fourth-order valence-corrected chi connectivity index (χ4v) is 3.64. The molecule has 7 heteroatoms. The van der Waals surface area contributed by atoms with Crippen LogP contribution < -0.4 is 0 Å². The number of aromatic nitrogens is 4. The number of aromatic amines is 1. The Morgan fingerprint density at radius 2 is 2.15 bits per heavy atom. The summed E-state index contributed by atoms with van der Waals surface area (Å²) in [4.78, 5) is 14.6. The molecule has 27 heavy (non-hydrogen) atoms. The minimum Gasteiger partial charge on any atom is -0.338 e. The molecule has 6 nitrogen and oxygen atoms in total. The van der Waals surface area contributed by atoms with Gasteiger partial charge in [0.15, 0.2) is 0 Å². The molecule has 0 spiro atoms. The van der Waals surface area contributed by atoms with Gasteiger partial charge >= 0.3 is 0 Å². The van der Waals surface area contributed by atoms with E-state index in [0.717, 1.165) is 40.3 Å². The summed E-state index contributed by atoms with van der Waals surface area (Å²) >= 11 is 0. The minimum atomic E-state index is -0.294. The second-order valence-electron chi connectivity index (χ2n) is 7.01. The summed E-state index contributed by atoms with van der Waals surface area (Å²) < 4.78 is 15.5. The van der Waals surface area contributed by atoms with Crippen molar-refractivity contribution in [1.29, 1.82) is 0 Å². The number of hydrogen-bond acceptors (Lipinski definition) is 3. The van der Waals surface area contributed by atoms with Crippen LogP contribution in [-0.2, 0) is 24.3 Å². The summed E-state index contributed by atoms with van der Waals surface area (Å²) in [6.07, 6.45) is 1.13. The largest absolute Gasteiger partial charge is 0.338 e. The molecule has 3 heterocycles. The molecule has 2 aromatic heterocycles. The zero-order chi connectivity index (χ0) is 19.0. The fourth-order valence-electron chi connectivity index (χ4n) is 3.64. The maximum atomic E-state index is 13.6. The van der Waals surface area contributed by atoms with Gasteiger partial charge in [0.05, 0.1) is 11.4 Å². The lowest BCUT2D eigenvalue weighted by atomic mass is 10.0. The number of halogens is 1. The van der Waals surface area contributed by atoms with Crippen molar-refractivity contribution in [3.63, 3.8) is 0 Å². The van der Waals surface area contributed by atoms with E-state index < -0.39 is 0 Å². The second kappa shape index (κ2) is 6.98. The van der Waals surface area contributed by atoms with Crippen LogP contribution in [0.4, 0.5) is 4.39 Å². The molecule has 0 saturated carbocycles. The standard InChI is InChI=1S/C20H22FN5O/c1-13-10-14(2)26(24-13)9-7-19(27)25-8-6-18-17(12-25)20(23-22-18)15-4-3-5-16(21)11-15/h3-5,10-11H,6-9,12H2,1-2H3,(H,22,23). The first-order chi connectivity index (χ1) is 13.0. The molecule has 1 amide bonds. The van der Waals surface area contributed by atoms with Crippen molar-refractivity contribution in [2.75, 3.05) is 6.54 Å². The molecule has 0 saturated heterocycles. The molecular weight excluding hydrogens is 345 g/mol. The third-order valence-corrected chi connectivity index (χ3v) is 5.03. The molecule has 1 N–H and O–H groups in total. The van der Waals surface area contributed by atoms with Gasteiger partial charge in [-0.15, -0.1) is 0 Å². The van der Waals surface area contributed by atoms with Gasteiger partial charge in [-0.2, -0.15) is 10.2 Å². The van der Waals surface area contributed by atoms with Crippen LogP contribution in [0, 0.1) is 19.7 Å². The average Bonchev–Trinajstić information content (AvgIpc) is 3.21. The number of H-pyrrole nitrogens is 1. The maximum absolute atomic E-state index is 13.6. The predicted molar refractivity (Wildman–Crippen MR) is 99.4 cm³/mol. The number of hydrogen-bond donors (Lipinski definition) is 1. The quantitative estimate of drug-likeness (QED) is 0.771. The first-order valence-corrected chi connectivity index (χ1v) is 9.12. The first-order valence-electron chi connectivity index (χ1n) is 9.12. The number of carbonyl (C=O) groups excluding carboxylic acids is 1. The smallest absolute Gasteiger partial charge is 0.224 e. The fraction of sp³-hybridized carbons (Fsp3) is 0.350. The van der Waals surface area contributed by atoms with Gasteiger partial charge in [-0.05, 0) is 32.0 Å². The van der Waals surface area contributed by atoms with Crippen LogP contribution in [0.3, 0.4) is 0 Å². The molecule has 0 unspecified atom stereocenters. The molecule has 0 atom stereocenters. The van der Waals surface area contributed by atoms with Gasteiger partial charge in [0, 0.05) is 55.0 Å². The zero-order valence-electron chi connectivity index (χ0n) is 15.5. The summed E-state index contributed by atoms with van der Waals surface area (Å²) in [7, 11) is 0. The van der Waals surface area contributed by atoms with Crippen molar-refractivity contribution in [3.8, 4) is 11.3 Å². The Hall–Kier alpha value is -2.96. The molecule has 4 rings (SSSR count). The van der Waals surface area contributed by atoms with E-state index in [4.69, 9.17) is 0 Å². The van der Waals surface area contributed by atoms with Gasteiger partial charge in [-0.1, -0.05) is 12.1 Å². The minimum absolute atomic E-state index is 0.0968. The molecule has 140 valence electrons. The van der Waals surface area contributed by atoms with Gasteiger partial charge in [0.2, 0.25) is 5.91 Å². The zero-order valence-corrected chi connectivity index (χ0v) is 15.5. The van der Waals surface area contributed by atoms with Crippen LogP contribution >= 0.6 is 0 Å². The van der Waals surface area contributed by atoms with Crippen molar-refractivity contribution in [2.24, 2.45) is 0 Å². The Labute approximate surface area is 157 Å². The number of nitrogens with one attached hydrogen (secondary N) is 1. The number of benzene rings is 1. The summed E-state index contributed by atoms with van der Waals surface area (Å²) in [6.45, 7) is 5.67. The highest BCUT2D eigenvalue weighted by atomic mass is 19.1. The highest BCUT2D eigenvalue weighted by Crippen LogP contribution is 2.29. The summed E-state index contributed by atoms with van der Waals surface area (Å²) in [6, 6.07) is 8.40. The van der Waals surface area contributed by atoms with E-state index in [1.807, 2.05) is 35.6 Å². The second-order valence-corrected chi connectivity index (χ2v) is 7.01. The van der Waals surface area contributed by atoms with Gasteiger partial charge in [-0.25, -0.2) is 4.39 Å². The van der Waals surface area contributed by atoms with Gasteiger partial charge in [-0.3, -0.25) is 14.6 Å². The van der Waals surface area contributed by atoms with E-state index in [-0.39, 0.29) is 11.7 Å². The molecule has 3 aromatic rings. The van der Waals surface area contributed by atoms with Crippen molar-refractivity contribution in [2.45, 2.75) is 39.8 Å². The maximum Gasteiger partial charge on any atom is 0.224 e. The van der Waals surface area contributed by atoms with E-state index >= 15 is 0 Å². The molecular formula is C20H22FN5O. The summed E-state index contributed by atoms with van der Waals surface area (Å²) in [5.74, 6) is -0.197. The van der Waals surface area contributed by atoms with Gasteiger partial charge in [0.25, 0.3) is 0 Å².